The standard InChI is InChI=1S/C12H14N2O2/c13-11-9-4-3-8(16-6-7-1-2-7)5-10(9)14-12(11)15/h3-5,7,11H,1-2,6,13H2,(H,14,15). The van der Waals surface area contributed by atoms with E-state index in [1.807, 2.05) is 18.2 Å². The first-order valence-corrected chi connectivity index (χ1v) is 5.57. The van der Waals surface area contributed by atoms with E-state index >= 15 is 0 Å². The van der Waals surface area contributed by atoms with E-state index in [-0.39, 0.29) is 5.91 Å². The second kappa shape index (κ2) is 3.49. The number of carbonyl (C=O) groups excluding carboxylic acids is 1. The van der Waals surface area contributed by atoms with Crippen molar-refractivity contribution in [1.82, 2.24) is 0 Å². The van der Waals surface area contributed by atoms with Crippen LogP contribution < -0.4 is 15.8 Å². The molecule has 0 radical (unpaired) electrons. The zero-order valence-corrected chi connectivity index (χ0v) is 8.90. The lowest BCUT2D eigenvalue weighted by atomic mass is 10.1. The Morgan fingerprint density at radius 1 is 1.44 bits per heavy atom. The summed E-state index contributed by atoms with van der Waals surface area (Å²) < 4.78 is 5.63. The predicted molar refractivity (Wildman–Crippen MR) is 60.2 cm³/mol. The lowest BCUT2D eigenvalue weighted by Gasteiger charge is -2.07. The number of nitrogens with two attached hydrogens (primary N) is 1. The van der Waals surface area contributed by atoms with Crippen LogP contribution in [-0.2, 0) is 4.79 Å². The number of anilines is 1. The predicted octanol–water partition coefficient (Wildman–Crippen LogP) is 1.43. The molecule has 0 aromatic heterocycles. The van der Waals surface area contributed by atoms with Crippen molar-refractivity contribution >= 4 is 11.6 Å². The number of fused-ring (bicyclic) bond motifs is 1. The summed E-state index contributed by atoms with van der Waals surface area (Å²) in [4.78, 5) is 11.3. The Labute approximate surface area is 93.8 Å². The molecule has 1 saturated carbocycles. The lowest BCUT2D eigenvalue weighted by Crippen LogP contribution is -2.19. The van der Waals surface area contributed by atoms with E-state index < -0.39 is 6.04 Å². The molecule has 1 aliphatic carbocycles. The van der Waals surface area contributed by atoms with Gasteiger partial charge in [-0.25, -0.2) is 0 Å². The van der Waals surface area contributed by atoms with Gasteiger partial charge < -0.3 is 15.8 Å². The molecule has 0 bridgehead atoms. The number of hydrogen-bond donors (Lipinski definition) is 2. The Morgan fingerprint density at radius 3 is 3.00 bits per heavy atom. The minimum Gasteiger partial charge on any atom is -0.493 e. The molecule has 1 fully saturated rings. The van der Waals surface area contributed by atoms with Crippen LogP contribution in [0.25, 0.3) is 0 Å². The Bertz CT molecular complexity index is 441. The molecule has 1 aromatic rings. The molecule has 3 N–H and O–H groups in total. The fraction of sp³-hybridized carbons (Fsp3) is 0.417. The van der Waals surface area contributed by atoms with Crippen molar-refractivity contribution in [2.45, 2.75) is 18.9 Å². The minimum atomic E-state index is -0.535. The van der Waals surface area contributed by atoms with Crippen molar-refractivity contribution in [3.05, 3.63) is 23.8 Å². The molecule has 1 amide bonds. The lowest BCUT2D eigenvalue weighted by molar-refractivity contribution is -0.116. The van der Waals surface area contributed by atoms with Crippen molar-refractivity contribution in [3.8, 4) is 5.75 Å². The number of rotatable bonds is 3. The number of amides is 1. The summed E-state index contributed by atoms with van der Waals surface area (Å²) in [5, 5.41) is 2.75. The molecule has 1 heterocycles. The fourth-order valence-electron chi connectivity index (χ4n) is 1.85. The third kappa shape index (κ3) is 1.65. The molecule has 1 atom stereocenters. The highest BCUT2D eigenvalue weighted by Crippen LogP contribution is 2.34. The normalized spacial score (nSPS) is 22.8. The zero-order chi connectivity index (χ0) is 11.1. The smallest absolute Gasteiger partial charge is 0.245 e. The summed E-state index contributed by atoms with van der Waals surface area (Å²) in [6.45, 7) is 0.777. The highest BCUT2D eigenvalue weighted by atomic mass is 16.5. The average Bonchev–Trinajstić information content (AvgIpc) is 3.05. The second-order valence-electron chi connectivity index (χ2n) is 4.47. The van der Waals surface area contributed by atoms with E-state index in [2.05, 4.69) is 5.32 Å². The largest absolute Gasteiger partial charge is 0.493 e. The summed E-state index contributed by atoms with van der Waals surface area (Å²) in [6, 6.07) is 5.05. The molecule has 3 rings (SSSR count). The van der Waals surface area contributed by atoms with Crippen LogP contribution in [0.3, 0.4) is 0 Å². The van der Waals surface area contributed by atoms with E-state index in [1.54, 1.807) is 0 Å². The molecule has 84 valence electrons. The first-order chi connectivity index (χ1) is 7.74. The fourth-order valence-corrected chi connectivity index (χ4v) is 1.85. The first-order valence-electron chi connectivity index (χ1n) is 5.57. The summed E-state index contributed by atoms with van der Waals surface area (Å²) in [7, 11) is 0. The van der Waals surface area contributed by atoms with Crippen molar-refractivity contribution in [1.29, 1.82) is 0 Å². The highest BCUT2D eigenvalue weighted by molar-refractivity contribution is 6.02. The molecular weight excluding hydrogens is 204 g/mol. The van der Waals surface area contributed by atoms with Gasteiger partial charge in [0.2, 0.25) is 5.91 Å². The maximum Gasteiger partial charge on any atom is 0.245 e. The quantitative estimate of drug-likeness (QED) is 0.806. The number of hydrogen-bond acceptors (Lipinski definition) is 3. The van der Waals surface area contributed by atoms with E-state index in [1.165, 1.54) is 12.8 Å². The number of benzene rings is 1. The van der Waals surface area contributed by atoms with Crippen LogP contribution in [0.5, 0.6) is 5.75 Å². The average molecular weight is 218 g/mol. The molecule has 0 spiro atoms. The van der Waals surface area contributed by atoms with Crippen LogP contribution in [0.2, 0.25) is 0 Å². The summed E-state index contributed by atoms with van der Waals surface area (Å²) in [5.41, 5.74) is 7.35. The maximum absolute atomic E-state index is 11.3. The molecule has 16 heavy (non-hydrogen) atoms. The van der Waals surface area contributed by atoms with Crippen LogP contribution in [0.1, 0.15) is 24.4 Å². The molecular formula is C12H14N2O2. The van der Waals surface area contributed by atoms with E-state index in [0.29, 0.717) is 0 Å². The zero-order valence-electron chi connectivity index (χ0n) is 8.90. The second-order valence-corrected chi connectivity index (χ2v) is 4.47. The molecule has 4 heteroatoms. The Morgan fingerprint density at radius 2 is 2.25 bits per heavy atom. The van der Waals surface area contributed by atoms with Gasteiger partial charge in [0.1, 0.15) is 11.8 Å². The number of carbonyl (C=O) groups is 1. The van der Waals surface area contributed by atoms with Crippen LogP contribution in [-0.4, -0.2) is 12.5 Å². The van der Waals surface area contributed by atoms with Gasteiger partial charge in [0.05, 0.1) is 6.61 Å². The van der Waals surface area contributed by atoms with Gasteiger partial charge in [-0.05, 0) is 24.8 Å². The van der Waals surface area contributed by atoms with Gasteiger partial charge in [-0.15, -0.1) is 0 Å². The molecule has 4 nitrogen and oxygen atoms in total. The maximum atomic E-state index is 11.3. The van der Waals surface area contributed by atoms with Gasteiger partial charge >= 0.3 is 0 Å². The van der Waals surface area contributed by atoms with Crippen LogP contribution in [0.15, 0.2) is 18.2 Å². The number of nitrogens with one attached hydrogen (secondary N) is 1. The summed E-state index contributed by atoms with van der Waals surface area (Å²) in [5.74, 6) is 1.39. The molecule has 1 unspecified atom stereocenters. The monoisotopic (exact) mass is 218 g/mol. The third-order valence-corrected chi connectivity index (χ3v) is 3.08. The Kier molecular flexibility index (Phi) is 2.11. The van der Waals surface area contributed by atoms with Gasteiger partial charge in [0, 0.05) is 17.3 Å². The van der Waals surface area contributed by atoms with E-state index in [9.17, 15) is 4.79 Å². The SMILES string of the molecule is NC1C(=O)Nc2cc(OCC3CC3)ccc21. The number of ether oxygens (including phenoxy) is 1. The first kappa shape index (κ1) is 9.66. The Balaban J connectivity index is 1.77. The summed E-state index contributed by atoms with van der Waals surface area (Å²) in [6.07, 6.45) is 2.54. The molecule has 1 aliphatic heterocycles. The Hall–Kier alpha value is -1.55. The van der Waals surface area contributed by atoms with Crippen LogP contribution in [0, 0.1) is 5.92 Å². The van der Waals surface area contributed by atoms with Crippen LogP contribution in [0.4, 0.5) is 5.69 Å². The van der Waals surface area contributed by atoms with Crippen molar-refractivity contribution in [2.75, 3.05) is 11.9 Å². The van der Waals surface area contributed by atoms with E-state index in [4.69, 9.17) is 10.5 Å². The van der Waals surface area contributed by atoms with Gasteiger partial charge in [0.25, 0.3) is 0 Å². The van der Waals surface area contributed by atoms with Gasteiger partial charge in [-0.2, -0.15) is 0 Å². The van der Waals surface area contributed by atoms with Crippen molar-refractivity contribution < 1.29 is 9.53 Å². The summed E-state index contributed by atoms with van der Waals surface area (Å²) >= 11 is 0. The molecule has 1 aromatic carbocycles. The topological polar surface area (TPSA) is 64.4 Å². The van der Waals surface area contributed by atoms with Crippen molar-refractivity contribution in [3.63, 3.8) is 0 Å². The highest BCUT2D eigenvalue weighted by Gasteiger charge is 2.27. The van der Waals surface area contributed by atoms with E-state index in [0.717, 1.165) is 29.5 Å². The third-order valence-electron chi connectivity index (χ3n) is 3.08. The van der Waals surface area contributed by atoms with Crippen molar-refractivity contribution in [2.24, 2.45) is 11.7 Å². The van der Waals surface area contributed by atoms with Gasteiger partial charge in [-0.3, -0.25) is 4.79 Å². The van der Waals surface area contributed by atoms with Crippen LogP contribution >= 0.6 is 0 Å². The van der Waals surface area contributed by atoms with Gasteiger partial charge in [0.15, 0.2) is 0 Å². The van der Waals surface area contributed by atoms with Gasteiger partial charge in [-0.1, -0.05) is 6.07 Å². The molecule has 0 saturated heterocycles. The minimum absolute atomic E-state index is 0.144. The molecule has 2 aliphatic rings.